The van der Waals surface area contributed by atoms with Crippen LogP contribution in [0, 0.1) is 0 Å². The summed E-state index contributed by atoms with van der Waals surface area (Å²) >= 11 is 0. The van der Waals surface area contributed by atoms with Gasteiger partial charge in [0.1, 0.15) is 11.7 Å². The van der Waals surface area contributed by atoms with Crippen LogP contribution in [0.5, 0.6) is 0 Å². The zero-order chi connectivity index (χ0) is 6.60. The van der Waals surface area contributed by atoms with Crippen LogP contribution in [-0.2, 0) is 9.47 Å². The summed E-state index contributed by atoms with van der Waals surface area (Å²) in [5.41, 5.74) is 1.33. The molecule has 0 aromatic carbocycles. The van der Waals surface area contributed by atoms with E-state index in [-0.39, 0.29) is 5.60 Å². The lowest BCUT2D eigenvalue weighted by atomic mass is 9.95. The smallest absolute Gasteiger partial charge is 0.145 e. The van der Waals surface area contributed by atoms with E-state index in [1.54, 1.807) is 0 Å². The fourth-order valence-corrected chi connectivity index (χ4v) is 1.75. The number of hydrogen-bond donors (Lipinski definition) is 0. The van der Waals surface area contributed by atoms with E-state index in [2.05, 4.69) is 18.2 Å². The van der Waals surface area contributed by atoms with Crippen LogP contribution in [0.2, 0.25) is 0 Å². The highest BCUT2D eigenvalue weighted by atomic mass is 16.6. The lowest BCUT2D eigenvalue weighted by Gasteiger charge is -2.03. The van der Waals surface area contributed by atoms with Gasteiger partial charge in [-0.1, -0.05) is 18.2 Å². The summed E-state index contributed by atoms with van der Waals surface area (Å²) in [6.45, 7) is 1.52. The maximum absolute atomic E-state index is 5.51. The Morgan fingerprint density at radius 3 is 3.50 bits per heavy atom. The van der Waals surface area contributed by atoms with E-state index in [1.807, 2.05) is 0 Å². The van der Waals surface area contributed by atoms with Crippen molar-refractivity contribution >= 4 is 0 Å². The fraction of sp³-hybridized carbons (Fsp3) is 0.500. The lowest BCUT2D eigenvalue weighted by molar-refractivity contribution is 0.171. The molecular formula is C8H8O2. The van der Waals surface area contributed by atoms with E-state index in [0.717, 1.165) is 13.2 Å². The van der Waals surface area contributed by atoms with Crippen molar-refractivity contribution in [3.8, 4) is 0 Å². The Kier molecular flexibility index (Phi) is 0.693. The summed E-state index contributed by atoms with van der Waals surface area (Å²) in [6.07, 6.45) is 6.59. The summed E-state index contributed by atoms with van der Waals surface area (Å²) in [6, 6.07) is 0. The van der Waals surface area contributed by atoms with Gasteiger partial charge < -0.3 is 9.47 Å². The normalized spacial score (nSPS) is 48.0. The highest BCUT2D eigenvalue weighted by Gasteiger charge is 2.61. The highest BCUT2D eigenvalue weighted by Crippen LogP contribution is 2.49. The van der Waals surface area contributed by atoms with Crippen LogP contribution in [0.3, 0.4) is 0 Å². The van der Waals surface area contributed by atoms with Crippen molar-refractivity contribution in [2.45, 2.75) is 11.7 Å². The molecule has 0 bridgehead atoms. The van der Waals surface area contributed by atoms with Gasteiger partial charge in [-0.2, -0.15) is 0 Å². The molecule has 3 rings (SSSR count). The molecule has 10 heavy (non-hydrogen) atoms. The number of ether oxygens (including phenoxy) is 2. The first-order valence-electron chi connectivity index (χ1n) is 3.55. The van der Waals surface area contributed by atoms with Gasteiger partial charge in [-0.25, -0.2) is 0 Å². The second kappa shape index (κ2) is 1.36. The molecule has 0 radical (unpaired) electrons. The van der Waals surface area contributed by atoms with E-state index < -0.39 is 0 Å². The van der Waals surface area contributed by atoms with Gasteiger partial charge >= 0.3 is 0 Å². The van der Waals surface area contributed by atoms with Crippen LogP contribution in [0.1, 0.15) is 0 Å². The molecule has 0 N–H and O–H groups in total. The SMILES string of the molecule is C1=CC2OC23COCC3=C1. The van der Waals surface area contributed by atoms with E-state index in [4.69, 9.17) is 9.47 Å². The number of rotatable bonds is 0. The summed E-state index contributed by atoms with van der Waals surface area (Å²) in [7, 11) is 0. The Morgan fingerprint density at radius 1 is 1.60 bits per heavy atom. The summed E-state index contributed by atoms with van der Waals surface area (Å²) in [5, 5.41) is 0. The van der Waals surface area contributed by atoms with E-state index >= 15 is 0 Å². The van der Waals surface area contributed by atoms with E-state index in [0.29, 0.717) is 6.10 Å². The van der Waals surface area contributed by atoms with Gasteiger partial charge in [0.15, 0.2) is 0 Å². The molecule has 2 heterocycles. The number of hydrogen-bond acceptors (Lipinski definition) is 2. The molecule has 1 aliphatic carbocycles. The third kappa shape index (κ3) is 0.404. The van der Waals surface area contributed by atoms with Crippen LogP contribution < -0.4 is 0 Å². The van der Waals surface area contributed by atoms with Gasteiger partial charge in [0.2, 0.25) is 0 Å². The molecule has 0 amide bonds. The maximum Gasteiger partial charge on any atom is 0.145 e. The van der Waals surface area contributed by atoms with E-state index in [1.165, 1.54) is 5.57 Å². The number of epoxide rings is 1. The Hall–Kier alpha value is -0.600. The Balaban J connectivity index is 2.12. The molecule has 3 aliphatic rings. The maximum atomic E-state index is 5.51. The Labute approximate surface area is 59.1 Å². The summed E-state index contributed by atoms with van der Waals surface area (Å²) < 4.78 is 10.8. The predicted octanol–water partition coefficient (Wildman–Crippen LogP) is 0.650. The molecule has 2 atom stereocenters. The second-order valence-electron chi connectivity index (χ2n) is 3.00. The molecule has 1 spiro atoms. The third-order valence-electron chi connectivity index (χ3n) is 2.44. The van der Waals surface area contributed by atoms with Crippen molar-refractivity contribution < 1.29 is 9.47 Å². The average Bonchev–Trinajstić information content (AvgIpc) is 2.51. The third-order valence-corrected chi connectivity index (χ3v) is 2.44. The van der Waals surface area contributed by atoms with Gasteiger partial charge in [-0.15, -0.1) is 0 Å². The minimum absolute atomic E-state index is 0.00868. The van der Waals surface area contributed by atoms with Gasteiger partial charge in [0, 0.05) is 0 Å². The van der Waals surface area contributed by atoms with Gasteiger partial charge in [-0.05, 0) is 5.57 Å². The van der Waals surface area contributed by atoms with Crippen molar-refractivity contribution in [3.05, 3.63) is 23.8 Å². The van der Waals surface area contributed by atoms with Crippen LogP contribution in [0.15, 0.2) is 23.8 Å². The van der Waals surface area contributed by atoms with Gasteiger partial charge in [0.25, 0.3) is 0 Å². The molecule has 52 valence electrons. The standard InChI is InChI=1S/C8H8O2/c1-2-6-4-9-5-8(6)7(3-1)10-8/h1-3,7H,4-5H2. The molecular weight excluding hydrogens is 128 g/mol. The van der Waals surface area contributed by atoms with Crippen molar-refractivity contribution in [2.24, 2.45) is 0 Å². The molecule has 0 aromatic heterocycles. The van der Waals surface area contributed by atoms with Gasteiger partial charge in [0.05, 0.1) is 13.2 Å². The summed E-state index contributed by atoms with van der Waals surface area (Å²) in [4.78, 5) is 0. The topological polar surface area (TPSA) is 21.8 Å². The first-order chi connectivity index (χ1) is 4.92. The molecule has 2 saturated heterocycles. The fourth-order valence-electron chi connectivity index (χ4n) is 1.75. The van der Waals surface area contributed by atoms with E-state index in [9.17, 15) is 0 Å². The van der Waals surface area contributed by atoms with Crippen LogP contribution in [-0.4, -0.2) is 24.9 Å². The quantitative estimate of drug-likeness (QED) is 0.456. The molecule has 0 aromatic rings. The highest BCUT2D eigenvalue weighted by molar-refractivity contribution is 5.41. The van der Waals surface area contributed by atoms with Gasteiger partial charge in [-0.3, -0.25) is 0 Å². The minimum Gasteiger partial charge on any atom is -0.374 e. The lowest BCUT2D eigenvalue weighted by Crippen LogP contribution is -2.17. The molecule has 2 aliphatic heterocycles. The van der Waals surface area contributed by atoms with Crippen molar-refractivity contribution in [3.63, 3.8) is 0 Å². The zero-order valence-corrected chi connectivity index (χ0v) is 5.54. The molecule has 0 saturated carbocycles. The summed E-state index contributed by atoms with van der Waals surface area (Å²) in [5.74, 6) is 0. The molecule has 2 fully saturated rings. The Bertz CT molecular complexity index is 242. The van der Waals surface area contributed by atoms with Crippen LogP contribution >= 0.6 is 0 Å². The molecule has 2 heteroatoms. The van der Waals surface area contributed by atoms with Crippen LogP contribution in [0.4, 0.5) is 0 Å². The largest absolute Gasteiger partial charge is 0.374 e. The molecule has 2 nitrogen and oxygen atoms in total. The van der Waals surface area contributed by atoms with Crippen molar-refractivity contribution in [2.75, 3.05) is 13.2 Å². The molecule has 2 unspecified atom stereocenters. The average molecular weight is 136 g/mol. The first-order valence-corrected chi connectivity index (χ1v) is 3.55. The van der Waals surface area contributed by atoms with Crippen molar-refractivity contribution in [1.29, 1.82) is 0 Å². The monoisotopic (exact) mass is 136 g/mol. The number of allylic oxidation sites excluding steroid dienone is 2. The van der Waals surface area contributed by atoms with Crippen molar-refractivity contribution in [1.82, 2.24) is 0 Å². The van der Waals surface area contributed by atoms with Crippen LogP contribution in [0.25, 0.3) is 0 Å². The Morgan fingerprint density at radius 2 is 2.60 bits per heavy atom. The second-order valence-corrected chi connectivity index (χ2v) is 3.00. The predicted molar refractivity (Wildman–Crippen MR) is 35.6 cm³/mol. The minimum atomic E-state index is 0.00868. The first kappa shape index (κ1) is 5.10. The zero-order valence-electron chi connectivity index (χ0n) is 5.54.